The van der Waals surface area contributed by atoms with Crippen LogP contribution in [0.15, 0.2) is 17.0 Å². The molecule has 0 aliphatic carbocycles. The van der Waals surface area contributed by atoms with E-state index in [0.29, 0.717) is 10.6 Å². The Kier molecular flexibility index (Phi) is 5.10. The van der Waals surface area contributed by atoms with Crippen LogP contribution in [0, 0.1) is 0 Å². The van der Waals surface area contributed by atoms with Crippen LogP contribution in [0.25, 0.3) is 0 Å². The predicted octanol–water partition coefficient (Wildman–Crippen LogP) is 3.42. The maximum Gasteiger partial charge on any atom is 0.242 e. The van der Waals surface area contributed by atoms with Crippen LogP contribution in [0.2, 0.25) is 10.0 Å². The highest BCUT2D eigenvalue weighted by molar-refractivity contribution is 7.89. The first-order valence-electron chi connectivity index (χ1n) is 4.84. The van der Waals surface area contributed by atoms with Gasteiger partial charge in [0.25, 0.3) is 0 Å². The molecule has 0 aliphatic heterocycles. The molecule has 3 nitrogen and oxygen atoms in total. The number of hydrogen-bond donors (Lipinski definition) is 1. The molecule has 0 saturated heterocycles. The van der Waals surface area contributed by atoms with Crippen molar-refractivity contribution >= 4 is 44.8 Å². The second-order valence-corrected chi connectivity index (χ2v) is 6.48. The highest BCUT2D eigenvalue weighted by atomic mass is 35.5. The fourth-order valence-corrected chi connectivity index (χ4v) is 3.86. The summed E-state index contributed by atoms with van der Waals surface area (Å²) in [4.78, 5) is -0.00656. The second-order valence-electron chi connectivity index (χ2n) is 3.75. The van der Waals surface area contributed by atoms with Crippen molar-refractivity contribution in [1.29, 1.82) is 0 Å². The number of benzene rings is 1. The summed E-state index contributed by atoms with van der Waals surface area (Å²) < 4.78 is 26.4. The van der Waals surface area contributed by atoms with Gasteiger partial charge < -0.3 is 0 Å². The van der Waals surface area contributed by atoms with Crippen molar-refractivity contribution in [2.24, 2.45) is 0 Å². The number of nitrogens with one attached hydrogen (secondary N) is 1. The molecule has 0 amide bonds. The van der Waals surface area contributed by atoms with Gasteiger partial charge in [0.05, 0.1) is 10.9 Å². The summed E-state index contributed by atoms with van der Waals surface area (Å²) in [5.41, 5.74) is 0.418. The quantitative estimate of drug-likeness (QED) is 0.865. The number of rotatable bonds is 4. The molecule has 0 saturated carbocycles. The molecule has 0 aromatic heterocycles. The van der Waals surface area contributed by atoms with E-state index in [1.54, 1.807) is 13.8 Å². The fraction of sp³-hybridized carbons (Fsp3) is 0.400. The van der Waals surface area contributed by atoms with E-state index in [1.807, 2.05) is 0 Å². The van der Waals surface area contributed by atoms with Gasteiger partial charge in [-0.05, 0) is 26.0 Å². The molecule has 0 atom stereocenters. The zero-order valence-corrected chi connectivity index (χ0v) is 12.4. The normalized spacial score (nSPS) is 12.1. The number of sulfonamides is 1. The average Bonchev–Trinajstić information content (AvgIpc) is 2.15. The summed E-state index contributed by atoms with van der Waals surface area (Å²) >= 11 is 17.5. The van der Waals surface area contributed by atoms with Crippen LogP contribution in [-0.4, -0.2) is 14.5 Å². The Bertz CT molecular complexity index is 515. The summed E-state index contributed by atoms with van der Waals surface area (Å²) in [7, 11) is -3.64. The third-order valence-electron chi connectivity index (χ3n) is 1.96. The molecule has 1 aromatic rings. The lowest BCUT2D eigenvalue weighted by Crippen LogP contribution is -2.30. The molecule has 0 unspecified atom stereocenters. The largest absolute Gasteiger partial charge is 0.242 e. The van der Waals surface area contributed by atoms with E-state index in [-0.39, 0.29) is 21.8 Å². The van der Waals surface area contributed by atoms with Gasteiger partial charge >= 0.3 is 0 Å². The first-order chi connectivity index (χ1) is 7.79. The minimum Gasteiger partial charge on any atom is -0.209 e. The van der Waals surface area contributed by atoms with Gasteiger partial charge in [0, 0.05) is 16.6 Å². The molecular formula is C10H12Cl3NO2S. The molecule has 0 aliphatic rings. The summed E-state index contributed by atoms with van der Waals surface area (Å²) in [5.74, 6) is 0.0582. The van der Waals surface area contributed by atoms with Gasteiger partial charge in [-0.1, -0.05) is 23.2 Å². The molecule has 7 heteroatoms. The Morgan fingerprint density at radius 2 is 1.88 bits per heavy atom. The van der Waals surface area contributed by atoms with E-state index in [2.05, 4.69) is 4.72 Å². The Hall–Kier alpha value is -0.000000000000000167. The second kappa shape index (κ2) is 5.76. The Balaban J connectivity index is 3.34. The molecule has 0 spiro atoms. The average molecular weight is 317 g/mol. The zero-order valence-electron chi connectivity index (χ0n) is 9.30. The molecule has 1 aromatic carbocycles. The number of hydrogen-bond acceptors (Lipinski definition) is 2. The van der Waals surface area contributed by atoms with E-state index in [4.69, 9.17) is 34.8 Å². The van der Waals surface area contributed by atoms with Gasteiger partial charge in [-0.2, -0.15) is 0 Å². The summed E-state index contributed by atoms with van der Waals surface area (Å²) in [6.45, 7) is 3.45. The van der Waals surface area contributed by atoms with Crippen molar-refractivity contribution in [3.05, 3.63) is 27.7 Å². The van der Waals surface area contributed by atoms with Crippen LogP contribution in [0.5, 0.6) is 0 Å². The van der Waals surface area contributed by atoms with Crippen LogP contribution in [0.4, 0.5) is 0 Å². The molecule has 0 fully saturated rings. The van der Waals surface area contributed by atoms with Gasteiger partial charge in [-0.15, -0.1) is 11.6 Å². The molecular weight excluding hydrogens is 305 g/mol. The Morgan fingerprint density at radius 1 is 1.29 bits per heavy atom. The van der Waals surface area contributed by atoms with E-state index in [0.717, 1.165) is 0 Å². The SMILES string of the molecule is CC(C)NS(=O)(=O)c1ccc(Cl)c(CCl)c1Cl. The third-order valence-corrected chi connectivity index (χ3v) is 4.83. The minimum absolute atomic E-state index is 0.00656. The lowest BCUT2D eigenvalue weighted by atomic mass is 10.2. The van der Waals surface area contributed by atoms with Gasteiger partial charge in [0.2, 0.25) is 10.0 Å². The van der Waals surface area contributed by atoms with Crippen molar-refractivity contribution in [2.75, 3.05) is 0 Å². The molecule has 17 heavy (non-hydrogen) atoms. The van der Waals surface area contributed by atoms with Gasteiger partial charge in [-0.3, -0.25) is 0 Å². The molecule has 0 bridgehead atoms. The lowest BCUT2D eigenvalue weighted by molar-refractivity contribution is 0.570. The topological polar surface area (TPSA) is 46.2 Å². The number of alkyl halides is 1. The Labute approximate surface area is 116 Å². The molecule has 96 valence electrons. The highest BCUT2D eigenvalue weighted by Gasteiger charge is 2.21. The van der Waals surface area contributed by atoms with Gasteiger partial charge in [0.1, 0.15) is 4.90 Å². The Morgan fingerprint density at radius 3 is 2.35 bits per heavy atom. The molecule has 0 heterocycles. The van der Waals surface area contributed by atoms with Crippen LogP contribution in [0.1, 0.15) is 19.4 Å². The monoisotopic (exact) mass is 315 g/mol. The smallest absolute Gasteiger partial charge is 0.209 e. The molecule has 1 rings (SSSR count). The fourth-order valence-electron chi connectivity index (χ4n) is 1.28. The number of halogens is 3. The lowest BCUT2D eigenvalue weighted by Gasteiger charge is -2.13. The summed E-state index contributed by atoms with van der Waals surface area (Å²) in [5, 5.41) is 0.425. The van der Waals surface area contributed by atoms with Crippen molar-refractivity contribution < 1.29 is 8.42 Å². The standard InChI is InChI=1S/C10H12Cl3NO2S/c1-6(2)14-17(15,16)9-4-3-8(12)7(5-11)10(9)13/h3-4,6,14H,5H2,1-2H3. The van der Waals surface area contributed by atoms with Crippen LogP contribution in [-0.2, 0) is 15.9 Å². The van der Waals surface area contributed by atoms with Crippen molar-refractivity contribution in [1.82, 2.24) is 4.72 Å². The van der Waals surface area contributed by atoms with E-state index >= 15 is 0 Å². The van der Waals surface area contributed by atoms with E-state index in [1.165, 1.54) is 12.1 Å². The maximum atomic E-state index is 12.0. The molecule has 1 N–H and O–H groups in total. The third kappa shape index (κ3) is 3.48. The first kappa shape index (κ1) is 15.1. The highest BCUT2D eigenvalue weighted by Crippen LogP contribution is 2.32. The first-order valence-corrected chi connectivity index (χ1v) is 7.62. The summed E-state index contributed by atoms with van der Waals surface area (Å²) in [6.07, 6.45) is 0. The van der Waals surface area contributed by atoms with Crippen LogP contribution < -0.4 is 4.72 Å². The summed E-state index contributed by atoms with van der Waals surface area (Å²) in [6, 6.07) is 2.62. The van der Waals surface area contributed by atoms with Crippen molar-refractivity contribution in [3.8, 4) is 0 Å². The van der Waals surface area contributed by atoms with Crippen molar-refractivity contribution in [3.63, 3.8) is 0 Å². The minimum atomic E-state index is -3.64. The maximum absolute atomic E-state index is 12.0. The van der Waals surface area contributed by atoms with Crippen LogP contribution >= 0.6 is 34.8 Å². The zero-order chi connectivity index (χ0) is 13.2. The van der Waals surface area contributed by atoms with Gasteiger partial charge in [0.15, 0.2) is 0 Å². The van der Waals surface area contributed by atoms with Crippen molar-refractivity contribution in [2.45, 2.75) is 30.7 Å². The van der Waals surface area contributed by atoms with E-state index in [9.17, 15) is 8.42 Å². The molecule has 0 radical (unpaired) electrons. The predicted molar refractivity (Wildman–Crippen MR) is 71.5 cm³/mol. The van der Waals surface area contributed by atoms with Gasteiger partial charge in [-0.25, -0.2) is 13.1 Å². The van der Waals surface area contributed by atoms with Crippen LogP contribution in [0.3, 0.4) is 0 Å². The van der Waals surface area contributed by atoms with E-state index < -0.39 is 10.0 Å².